The molecule has 1 fully saturated rings. The van der Waals surface area contributed by atoms with E-state index >= 15 is 0 Å². The number of hydrogen-bond acceptors (Lipinski definition) is 4. The zero-order chi connectivity index (χ0) is 23.5. The van der Waals surface area contributed by atoms with Gasteiger partial charge in [-0.1, -0.05) is 68.8 Å². The van der Waals surface area contributed by atoms with Crippen LogP contribution in [0.15, 0.2) is 48.5 Å². The normalized spacial score (nSPS) is 18.8. The average molecular weight is 451 g/mol. The molecule has 0 radical (unpaired) electrons. The predicted octanol–water partition coefficient (Wildman–Crippen LogP) is 4.02. The lowest BCUT2D eigenvalue weighted by atomic mass is 9.97. The van der Waals surface area contributed by atoms with Crippen LogP contribution in [0.4, 0.5) is 4.79 Å². The van der Waals surface area contributed by atoms with Crippen LogP contribution >= 0.6 is 0 Å². The van der Waals surface area contributed by atoms with E-state index in [1.165, 1.54) is 4.90 Å². The molecule has 174 valence electrons. The summed E-state index contributed by atoms with van der Waals surface area (Å²) < 4.78 is 5.61. The lowest BCUT2D eigenvalue weighted by Gasteiger charge is -2.30. The van der Waals surface area contributed by atoms with Crippen molar-refractivity contribution >= 4 is 18.0 Å². The molecule has 4 rings (SSSR count). The molecule has 33 heavy (non-hydrogen) atoms. The van der Waals surface area contributed by atoms with Gasteiger partial charge in [-0.05, 0) is 41.0 Å². The van der Waals surface area contributed by atoms with Crippen molar-refractivity contribution in [1.82, 2.24) is 10.2 Å². The average Bonchev–Trinajstić information content (AvgIpc) is 3.44. The molecule has 2 aromatic carbocycles. The summed E-state index contributed by atoms with van der Waals surface area (Å²) in [5, 5.41) is 12.2. The van der Waals surface area contributed by atoms with E-state index in [0.717, 1.165) is 22.3 Å². The minimum atomic E-state index is -1.01. The Balaban J connectivity index is 1.46. The maximum atomic E-state index is 13.2. The van der Waals surface area contributed by atoms with Gasteiger partial charge in [-0.2, -0.15) is 0 Å². The van der Waals surface area contributed by atoms with Crippen LogP contribution in [0.1, 0.15) is 50.2 Å². The molecule has 0 aromatic heterocycles. The zero-order valence-electron chi connectivity index (χ0n) is 19.0. The van der Waals surface area contributed by atoms with Gasteiger partial charge in [0.1, 0.15) is 18.7 Å². The molecule has 1 heterocycles. The van der Waals surface area contributed by atoms with Gasteiger partial charge in [0.2, 0.25) is 5.91 Å². The van der Waals surface area contributed by atoms with Gasteiger partial charge >= 0.3 is 12.1 Å². The summed E-state index contributed by atoms with van der Waals surface area (Å²) >= 11 is 0. The highest BCUT2D eigenvalue weighted by molar-refractivity contribution is 5.90. The number of alkyl carbamates (subject to hydrolysis) is 1. The lowest BCUT2D eigenvalue weighted by Crippen LogP contribution is -2.54. The van der Waals surface area contributed by atoms with E-state index in [0.29, 0.717) is 25.8 Å². The number of carboxylic acid groups (broad SMARTS) is 1. The second-order valence-electron chi connectivity index (χ2n) is 8.86. The highest BCUT2D eigenvalue weighted by atomic mass is 16.5. The molecule has 0 bridgehead atoms. The van der Waals surface area contributed by atoms with Gasteiger partial charge in [0, 0.05) is 12.5 Å². The Morgan fingerprint density at radius 3 is 2.27 bits per heavy atom. The molecule has 1 aliphatic heterocycles. The third kappa shape index (κ3) is 4.45. The van der Waals surface area contributed by atoms with Crippen molar-refractivity contribution in [1.29, 1.82) is 0 Å². The van der Waals surface area contributed by atoms with Crippen LogP contribution in [0.3, 0.4) is 0 Å². The smallest absolute Gasteiger partial charge is 0.407 e. The number of rotatable bonds is 7. The number of ether oxygens (including phenoxy) is 1. The van der Waals surface area contributed by atoms with E-state index in [1.54, 1.807) is 0 Å². The first-order valence-electron chi connectivity index (χ1n) is 11.6. The highest BCUT2D eigenvalue weighted by Gasteiger charge is 2.39. The maximum absolute atomic E-state index is 13.2. The highest BCUT2D eigenvalue weighted by Crippen LogP contribution is 2.44. The summed E-state index contributed by atoms with van der Waals surface area (Å²) in [6, 6.07) is 14.5. The second-order valence-corrected chi connectivity index (χ2v) is 8.86. The first kappa shape index (κ1) is 22.8. The molecular formula is C26H30N2O5. The van der Waals surface area contributed by atoms with Crippen LogP contribution in [0.5, 0.6) is 0 Å². The minimum Gasteiger partial charge on any atom is -0.480 e. The maximum Gasteiger partial charge on any atom is 0.407 e. The number of benzene rings is 2. The van der Waals surface area contributed by atoms with Crippen molar-refractivity contribution in [2.75, 3.05) is 13.2 Å². The van der Waals surface area contributed by atoms with Crippen molar-refractivity contribution in [3.63, 3.8) is 0 Å². The van der Waals surface area contributed by atoms with Crippen molar-refractivity contribution in [3.8, 4) is 11.1 Å². The fraction of sp³-hybridized carbons (Fsp3) is 0.423. The number of aliphatic carboxylic acids is 1. The number of fused-ring (bicyclic) bond motifs is 3. The Bertz CT molecular complexity index is 1010. The summed E-state index contributed by atoms with van der Waals surface area (Å²) in [5.41, 5.74) is 4.51. The quantitative estimate of drug-likeness (QED) is 0.664. The van der Waals surface area contributed by atoms with Gasteiger partial charge < -0.3 is 20.1 Å². The Labute approximate surface area is 193 Å². The second kappa shape index (κ2) is 9.65. The molecule has 1 aliphatic carbocycles. The predicted molar refractivity (Wildman–Crippen MR) is 124 cm³/mol. The fourth-order valence-corrected chi connectivity index (χ4v) is 4.92. The van der Waals surface area contributed by atoms with Crippen molar-refractivity contribution in [2.45, 2.75) is 51.1 Å². The van der Waals surface area contributed by atoms with Crippen LogP contribution in [-0.4, -0.2) is 53.2 Å². The number of likely N-dealkylation sites (tertiary alicyclic amines) is 1. The molecule has 2 N–H and O–H groups in total. The first-order valence-corrected chi connectivity index (χ1v) is 11.6. The third-order valence-corrected chi connectivity index (χ3v) is 6.92. The summed E-state index contributed by atoms with van der Waals surface area (Å²) in [5.74, 6) is -1.60. The van der Waals surface area contributed by atoms with Crippen LogP contribution in [0.25, 0.3) is 11.1 Å². The summed E-state index contributed by atoms with van der Waals surface area (Å²) in [6.45, 7) is 4.35. The Morgan fingerprint density at radius 1 is 1.09 bits per heavy atom. The van der Waals surface area contributed by atoms with E-state index in [1.807, 2.05) is 50.2 Å². The summed E-state index contributed by atoms with van der Waals surface area (Å²) in [4.78, 5) is 38.9. The van der Waals surface area contributed by atoms with Gasteiger partial charge in [0.05, 0.1) is 0 Å². The number of carboxylic acids is 1. The molecule has 2 aromatic rings. The van der Waals surface area contributed by atoms with E-state index in [2.05, 4.69) is 17.4 Å². The van der Waals surface area contributed by atoms with Gasteiger partial charge in [0.15, 0.2) is 0 Å². The molecule has 1 saturated heterocycles. The van der Waals surface area contributed by atoms with Gasteiger partial charge in [-0.15, -0.1) is 0 Å². The number of amides is 2. The van der Waals surface area contributed by atoms with E-state index in [4.69, 9.17) is 4.74 Å². The number of carbonyl (C=O) groups excluding carboxylic acids is 2. The van der Waals surface area contributed by atoms with Crippen LogP contribution < -0.4 is 5.32 Å². The fourth-order valence-electron chi connectivity index (χ4n) is 4.92. The number of nitrogens with one attached hydrogen (secondary N) is 1. The van der Waals surface area contributed by atoms with E-state index < -0.39 is 24.1 Å². The number of nitrogens with zero attached hydrogens (tertiary/aromatic N) is 1. The van der Waals surface area contributed by atoms with Gasteiger partial charge in [-0.25, -0.2) is 9.59 Å². The van der Waals surface area contributed by atoms with Crippen LogP contribution in [-0.2, 0) is 14.3 Å². The Kier molecular flexibility index (Phi) is 6.67. The number of hydrogen-bond donors (Lipinski definition) is 2. The Morgan fingerprint density at radius 2 is 1.70 bits per heavy atom. The largest absolute Gasteiger partial charge is 0.480 e. The van der Waals surface area contributed by atoms with E-state index in [9.17, 15) is 19.5 Å². The van der Waals surface area contributed by atoms with Crippen LogP contribution in [0.2, 0.25) is 0 Å². The SMILES string of the molecule is CCC(C)C(NC(=O)OCC1c2ccccc2-c2ccccc21)C(=O)N1CCC[C@H]1C(=O)O. The first-order chi connectivity index (χ1) is 15.9. The summed E-state index contributed by atoms with van der Waals surface area (Å²) in [7, 11) is 0. The molecule has 7 heteroatoms. The molecule has 3 atom stereocenters. The Hall–Kier alpha value is -3.35. The van der Waals surface area contributed by atoms with Gasteiger partial charge in [-0.3, -0.25) is 4.79 Å². The molecule has 2 amide bonds. The van der Waals surface area contributed by atoms with Crippen molar-refractivity contribution in [2.24, 2.45) is 5.92 Å². The summed E-state index contributed by atoms with van der Waals surface area (Å²) in [6.07, 6.45) is 1.06. The van der Waals surface area contributed by atoms with Crippen molar-refractivity contribution < 1.29 is 24.2 Å². The molecule has 2 unspecified atom stereocenters. The molecule has 7 nitrogen and oxygen atoms in total. The topological polar surface area (TPSA) is 95.9 Å². The van der Waals surface area contributed by atoms with Gasteiger partial charge in [0.25, 0.3) is 0 Å². The number of carbonyl (C=O) groups is 3. The zero-order valence-corrected chi connectivity index (χ0v) is 19.0. The molecule has 0 saturated carbocycles. The molecule has 2 aliphatic rings. The third-order valence-electron chi connectivity index (χ3n) is 6.92. The molecular weight excluding hydrogens is 420 g/mol. The standard InChI is InChI=1S/C26H30N2O5/c1-3-16(2)23(24(29)28-14-8-13-22(28)25(30)31)27-26(32)33-15-21-19-11-6-4-9-17(19)18-10-5-7-12-20(18)21/h4-7,9-12,16,21-23H,3,8,13-15H2,1-2H3,(H,27,32)(H,30,31)/t16?,22-,23?/m0/s1. The van der Waals surface area contributed by atoms with Crippen molar-refractivity contribution in [3.05, 3.63) is 59.7 Å². The lowest BCUT2D eigenvalue weighted by molar-refractivity contribution is -0.149. The minimum absolute atomic E-state index is 0.0733. The van der Waals surface area contributed by atoms with E-state index in [-0.39, 0.29) is 24.3 Å². The molecule has 0 spiro atoms. The van der Waals surface area contributed by atoms with Crippen LogP contribution in [0, 0.1) is 5.92 Å². The monoisotopic (exact) mass is 450 g/mol.